The average molecular weight is 323 g/mol. The van der Waals surface area contributed by atoms with Gasteiger partial charge in [-0.25, -0.2) is 0 Å². The van der Waals surface area contributed by atoms with Crippen molar-refractivity contribution in [3.05, 3.63) is 71.8 Å². The van der Waals surface area contributed by atoms with Gasteiger partial charge in [-0.05, 0) is 19.4 Å². The van der Waals surface area contributed by atoms with Gasteiger partial charge in [0.25, 0.3) is 0 Å². The van der Waals surface area contributed by atoms with Gasteiger partial charge in [-0.1, -0.05) is 66.2 Å². The fourth-order valence-corrected chi connectivity index (χ4v) is 3.50. The van der Waals surface area contributed by atoms with Crippen LogP contribution >= 0.6 is 0 Å². The second-order valence-electron chi connectivity index (χ2n) is 6.75. The zero-order valence-corrected chi connectivity index (χ0v) is 14.4. The van der Waals surface area contributed by atoms with Crippen LogP contribution in [-0.2, 0) is 16.1 Å². The number of cyclic esters (lactones) is 1. The molecule has 2 aromatic carbocycles. The van der Waals surface area contributed by atoms with Crippen LogP contribution in [0.4, 0.5) is 0 Å². The summed E-state index contributed by atoms with van der Waals surface area (Å²) >= 11 is 0. The normalized spacial score (nSPS) is 25.6. The number of ether oxygens (including phenoxy) is 1. The molecule has 3 atom stereocenters. The van der Waals surface area contributed by atoms with E-state index in [4.69, 9.17) is 4.74 Å². The largest absolute Gasteiger partial charge is 0.462 e. The Morgan fingerprint density at radius 2 is 1.62 bits per heavy atom. The van der Waals surface area contributed by atoms with Gasteiger partial charge in [0, 0.05) is 25.6 Å². The predicted molar refractivity (Wildman–Crippen MR) is 95.4 cm³/mol. The molecule has 0 aromatic heterocycles. The summed E-state index contributed by atoms with van der Waals surface area (Å²) in [5, 5.41) is 0. The van der Waals surface area contributed by atoms with Crippen molar-refractivity contribution in [3.8, 4) is 0 Å². The smallest absolute Gasteiger partial charge is 0.310 e. The standard InChI is InChI=1S/C14H17NO2.C7H8/c1-10-12-8-15(9-13(12)14(16)17-10)7-11-5-3-2-4-6-11;1-7-5-3-2-4-6-7/h2-6,10,12-13H,7-9H2,1H3;2-6H,1H3/t10?,12-,13-;/m0./s1. The molecule has 2 saturated heterocycles. The molecule has 2 heterocycles. The maximum absolute atomic E-state index is 11.6. The first-order valence-electron chi connectivity index (χ1n) is 8.62. The van der Waals surface area contributed by atoms with E-state index in [9.17, 15) is 4.79 Å². The fraction of sp³-hybridized carbons (Fsp3) is 0.381. The maximum Gasteiger partial charge on any atom is 0.310 e. The second kappa shape index (κ2) is 7.63. The Balaban J connectivity index is 0.000000203. The summed E-state index contributed by atoms with van der Waals surface area (Å²) in [6.07, 6.45) is 0.0910. The van der Waals surface area contributed by atoms with Gasteiger partial charge >= 0.3 is 5.97 Å². The van der Waals surface area contributed by atoms with Crippen LogP contribution in [0.15, 0.2) is 60.7 Å². The summed E-state index contributed by atoms with van der Waals surface area (Å²) in [7, 11) is 0. The Morgan fingerprint density at radius 1 is 1.00 bits per heavy atom. The van der Waals surface area contributed by atoms with Gasteiger partial charge in [0.2, 0.25) is 0 Å². The Hall–Kier alpha value is -2.13. The van der Waals surface area contributed by atoms with Crippen molar-refractivity contribution in [2.45, 2.75) is 26.5 Å². The Kier molecular flexibility index (Phi) is 5.31. The Labute approximate surface area is 144 Å². The number of carbonyl (C=O) groups is 1. The minimum atomic E-state index is -0.00179. The van der Waals surface area contributed by atoms with E-state index in [1.54, 1.807) is 0 Å². The van der Waals surface area contributed by atoms with Crippen molar-refractivity contribution in [3.63, 3.8) is 0 Å². The predicted octanol–water partition coefficient (Wildman–Crippen LogP) is 3.67. The third kappa shape index (κ3) is 4.04. The zero-order chi connectivity index (χ0) is 16.9. The summed E-state index contributed by atoms with van der Waals surface area (Å²) in [5.41, 5.74) is 2.64. The summed E-state index contributed by atoms with van der Waals surface area (Å²) < 4.78 is 5.26. The molecule has 0 saturated carbocycles. The van der Waals surface area contributed by atoms with Crippen molar-refractivity contribution < 1.29 is 9.53 Å². The number of hydrogen-bond donors (Lipinski definition) is 0. The van der Waals surface area contributed by atoms with Gasteiger partial charge in [-0.15, -0.1) is 0 Å². The van der Waals surface area contributed by atoms with E-state index >= 15 is 0 Å². The van der Waals surface area contributed by atoms with Crippen LogP contribution in [0.25, 0.3) is 0 Å². The molecule has 3 heteroatoms. The SMILES string of the molecule is CC1OC(=O)[C@H]2CN(Cc3ccccc3)C[C@@H]12.Cc1ccccc1. The molecule has 0 radical (unpaired) electrons. The number of nitrogens with zero attached hydrogens (tertiary/aromatic N) is 1. The van der Waals surface area contributed by atoms with E-state index in [0.717, 1.165) is 19.6 Å². The second-order valence-corrected chi connectivity index (χ2v) is 6.75. The molecule has 4 rings (SSSR count). The minimum Gasteiger partial charge on any atom is -0.462 e. The van der Waals surface area contributed by atoms with Gasteiger partial charge in [0.1, 0.15) is 6.10 Å². The van der Waals surface area contributed by atoms with Gasteiger partial charge in [-0.3, -0.25) is 9.69 Å². The molecule has 2 fully saturated rings. The van der Waals surface area contributed by atoms with Crippen LogP contribution in [0, 0.1) is 18.8 Å². The first kappa shape index (κ1) is 16.7. The Bertz CT molecular complexity index is 656. The van der Waals surface area contributed by atoms with E-state index in [-0.39, 0.29) is 18.0 Å². The van der Waals surface area contributed by atoms with Crippen LogP contribution in [0.1, 0.15) is 18.1 Å². The lowest BCUT2D eigenvalue weighted by Crippen LogP contribution is -2.25. The third-order valence-electron chi connectivity index (χ3n) is 4.84. The quantitative estimate of drug-likeness (QED) is 0.790. The lowest BCUT2D eigenvalue weighted by atomic mass is 9.95. The van der Waals surface area contributed by atoms with Crippen LogP contribution in [0.5, 0.6) is 0 Å². The summed E-state index contributed by atoms with van der Waals surface area (Å²) in [6.45, 7) is 6.86. The van der Waals surface area contributed by atoms with E-state index in [1.807, 2.05) is 31.2 Å². The molecular weight excluding hydrogens is 298 g/mol. The number of rotatable bonds is 2. The molecule has 2 aliphatic heterocycles. The van der Waals surface area contributed by atoms with Gasteiger partial charge < -0.3 is 4.74 Å². The Morgan fingerprint density at radius 3 is 2.17 bits per heavy atom. The molecule has 0 aliphatic carbocycles. The van der Waals surface area contributed by atoms with Crippen LogP contribution in [-0.4, -0.2) is 30.1 Å². The summed E-state index contributed by atoms with van der Waals surface area (Å²) in [5.74, 6) is 0.498. The van der Waals surface area contributed by atoms with Crippen LogP contribution < -0.4 is 0 Å². The van der Waals surface area contributed by atoms with Crippen molar-refractivity contribution in [1.29, 1.82) is 0 Å². The molecule has 0 bridgehead atoms. The number of aryl methyl sites for hydroxylation is 1. The van der Waals surface area contributed by atoms with Gasteiger partial charge in [0.15, 0.2) is 0 Å². The minimum absolute atomic E-state index is 0.00179. The molecule has 2 aromatic rings. The highest BCUT2D eigenvalue weighted by atomic mass is 16.6. The van der Waals surface area contributed by atoms with Gasteiger partial charge in [0.05, 0.1) is 5.92 Å². The number of carbonyl (C=O) groups excluding carboxylic acids is 1. The molecule has 1 unspecified atom stereocenters. The fourth-order valence-electron chi connectivity index (χ4n) is 3.50. The van der Waals surface area contributed by atoms with Crippen LogP contribution in [0.3, 0.4) is 0 Å². The molecular formula is C21H25NO2. The van der Waals surface area contributed by atoms with Crippen molar-refractivity contribution in [1.82, 2.24) is 4.90 Å². The first-order chi connectivity index (χ1) is 11.6. The topological polar surface area (TPSA) is 29.5 Å². The number of likely N-dealkylation sites (tertiary alicyclic amines) is 1. The van der Waals surface area contributed by atoms with Crippen molar-refractivity contribution >= 4 is 5.97 Å². The highest BCUT2D eigenvalue weighted by molar-refractivity contribution is 5.76. The number of hydrogen-bond acceptors (Lipinski definition) is 3. The molecule has 0 amide bonds. The first-order valence-corrected chi connectivity index (χ1v) is 8.62. The molecule has 24 heavy (non-hydrogen) atoms. The van der Waals surface area contributed by atoms with Gasteiger partial charge in [-0.2, -0.15) is 0 Å². The number of esters is 1. The summed E-state index contributed by atoms with van der Waals surface area (Å²) in [4.78, 5) is 14.0. The molecule has 0 N–H and O–H groups in total. The monoisotopic (exact) mass is 323 g/mol. The summed E-state index contributed by atoms with van der Waals surface area (Å²) in [6, 6.07) is 20.7. The highest BCUT2D eigenvalue weighted by Crippen LogP contribution is 2.35. The van der Waals surface area contributed by atoms with Crippen molar-refractivity contribution in [2.24, 2.45) is 11.8 Å². The lowest BCUT2D eigenvalue weighted by Gasteiger charge is -2.18. The molecule has 126 valence electrons. The molecule has 3 nitrogen and oxygen atoms in total. The average Bonchev–Trinajstić information content (AvgIpc) is 3.11. The lowest BCUT2D eigenvalue weighted by molar-refractivity contribution is -0.144. The number of benzene rings is 2. The highest BCUT2D eigenvalue weighted by Gasteiger charge is 2.47. The maximum atomic E-state index is 11.6. The molecule has 0 spiro atoms. The molecule has 2 aliphatic rings. The van der Waals surface area contributed by atoms with E-state index in [1.165, 1.54) is 11.1 Å². The van der Waals surface area contributed by atoms with Crippen molar-refractivity contribution in [2.75, 3.05) is 13.1 Å². The third-order valence-corrected chi connectivity index (χ3v) is 4.84. The zero-order valence-electron chi connectivity index (χ0n) is 14.4. The van der Waals surface area contributed by atoms with Crippen LogP contribution in [0.2, 0.25) is 0 Å². The van der Waals surface area contributed by atoms with E-state index in [2.05, 4.69) is 48.2 Å². The number of fused-ring (bicyclic) bond motifs is 1. The van der Waals surface area contributed by atoms with E-state index in [0.29, 0.717) is 5.92 Å². The van der Waals surface area contributed by atoms with E-state index < -0.39 is 0 Å².